The van der Waals surface area contributed by atoms with E-state index in [9.17, 15) is 18.0 Å². The molecule has 5 rings (SSSR count). The van der Waals surface area contributed by atoms with Crippen LogP contribution in [0.5, 0.6) is 11.5 Å². The number of urea groups is 1. The summed E-state index contributed by atoms with van der Waals surface area (Å²) in [6.07, 6.45) is 0.774. The summed E-state index contributed by atoms with van der Waals surface area (Å²) in [5.74, 6) is 1.33. The molecule has 3 aromatic carbocycles. The smallest absolute Gasteiger partial charge is 0.324 e. The van der Waals surface area contributed by atoms with Gasteiger partial charge < -0.3 is 14.4 Å². The third-order valence-electron chi connectivity index (χ3n) is 6.19. The van der Waals surface area contributed by atoms with E-state index in [1.807, 2.05) is 54.6 Å². The van der Waals surface area contributed by atoms with E-state index in [1.165, 1.54) is 0 Å². The van der Waals surface area contributed by atoms with Gasteiger partial charge in [0.25, 0.3) is 0 Å². The lowest BCUT2D eigenvalue weighted by atomic mass is 10.0. The number of hydrogen-bond donors (Lipinski definition) is 0. The summed E-state index contributed by atoms with van der Waals surface area (Å²) in [6, 6.07) is 20.1. The lowest BCUT2D eigenvalue weighted by molar-refractivity contribution is 0.112. The SMILES string of the molecule is O=Cc1ccc(CN(C(=O)N2CCS(=O)(=O)CC2)c2ccc(-c3ccc4c(c3)OCO4)cc2)cc1. The van der Waals surface area contributed by atoms with Crippen LogP contribution in [0.4, 0.5) is 10.5 Å². The summed E-state index contributed by atoms with van der Waals surface area (Å²) in [4.78, 5) is 27.7. The molecule has 2 amide bonds. The molecule has 2 heterocycles. The van der Waals surface area contributed by atoms with Crippen LogP contribution in [0.1, 0.15) is 15.9 Å². The van der Waals surface area contributed by atoms with Gasteiger partial charge in [-0.15, -0.1) is 0 Å². The van der Waals surface area contributed by atoms with Crippen LogP contribution in [0, 0.1) is 0 Å². The number of hydrogen-bond acceptors (Lipinski definition) is 6. The van der Waals surface area contributed by atoms with Gasteiger partial charge in [-0.3, -0.25) is 9.69 Å². The van der Waals surface area contributed by atoms with Gasteiger partial charge in [0.15, 0.2) is 21.3 Å². The van der Waals surface area contributed by atoms with Crippen molar-refractivity contribution >= 4 is 27.8 Å². The molecule has 2 aliphatic heterocycles. The molecule has 0 N–H and O–H groups in total. The van der Waals surface area contributed by atoms with Gasteiger partial charge in [-0.05, 0) is 41.0 Å². The van der Waals surface area contributed by atoms with Gasteiger partial charge in [-0.2, -0.15) is 0 Å². The molecular weight excluding hydrogens is 468 g/mol. The Morgan fingerprint density at radius 2 is 1.54 bits per heavy atom. The molecule has 0 aliphatic carbocycles. The van der Waals surface area contributed by atoms with E-state index in [-0.39, 0.29) is 44.0 Å². The van der Waals surface area contributed by atoms with Gasteiger partial charge in [-0.25, -0.2) is 13.2 Å². The average Bonchev–Trinajstić information content (AvgIpc) is 3.35. The molecule has 8 nitrogen and oxygen atoms in total. The zero-order valence-electron chi connectivity index (χ0n) is 18.9. The molecule has 0 aromatic heterocycles. The number of anilines is 1. The molecular formula is C26H24N2O6S. The van der Waals surface area contributed by atoms with E-state index in [0.29, 0.717) is 22.7 Å². The molecule has 9 heteroatoms. The van der Waals surface area contributed by atoms with Gasteiger partial charge in [-0.1, -0.05) is 42.5 Å². The molecule has 3 aromatic rings. The molecule has 0 spiro atoms. The maximum Gasteiger partial charge on any atom is 0.324 e. The number of ether oxygens (including phenoxy) is 2. The molecule has 180 valence electrons. The van der Waals surface area contributed by atoms with Crippen LogP contribution in [0.2, 0.25) is 0 Å². The van der Waals surface area contributed by atoms with Crippen molar-refractivity contribution in [2.75, 3.05) is 36.3 Å². The van der Waals surface area contributed by atoms with Crippen molar-refractivity contribution in [2.45, 2.75) is 6.54 Å². The number of carbonyl (C=O) groups excluding carboxylic acids is 2. The van der Waals surface area contributed by atoms with Gasteiger partial charge in [0.2, 0.25) is 6.79 Å². The van der Waals surface area contributed by atoms with E-state index in [4.69, 9.17) is 9.47 Å². The molecule has 0 unspecified atom stereocenters. The van der Waals surface area contributed by atoms with E-state index in [0.717, 1.165) is 23.0 Å². The van der Waals surface area contributed by atoms with E-state index in [1.54, 1.807) is 21.9 Å². The average molecular weight is 493 g/mol. The number of rotatable bonds is 5. The first-order valence-electron chi connectivity index (χ1n) is 11.2. The zero-order valence-corrected chi connectivity index (χ0v) is 19.7. The first-order chi connectivity index (χ1) is 16.9. The second-order valence-corrected chi connectivity index (χ2v) is 10.8. The highest BCUT2D eigenvalue weighted by atomic mass is 32.2. The van der Waals surface area contributed by atoms with Crippen LogP contribution in [-0.4, -0.2) is 57.0 Å². The third-order valence-corrected chi connectivity index (χ3v) is 7.80. The van der Waals surface area contributed by atoms with Gasteiger partial charge in [0, 0.05) is 24.3 Å². The Kier molecular flexibility index (Phi) is 6.17. The fourth-order valence-electron chi connectivity index (χ4n) is 4.14. The van der Waals surface area contributed by atoms with Crippen molar-refractivity contribution in [3.63, 3.8) is 0 Å². The predicted octanol–water partition coefficient (Wildman–Crippen LogP) is 3.75. The maximum atomic E-state index is 13.5. The highest BCUT2D eigenvalue weighted by Crippen LogP contribution is 2.36. The molecule has 0 bridgehead atoms. The lowest BCUT2D eigenvalue weighted by Gasteiger charge is -2.33. The Labute approximate surface area is 203 Å². The predicted molar refractivity (Wildman–Crippen MR) is 132 cm³/mol. The first kappa shape index (κ1) is 22.9. The number of sulfone groups is 1. The van der Waals surface area contributed by atoms with Crippen molar-refractivity contribution in [1.29, 1.82) is 0 Å². The van der Waals surface area contributed by atoms with E-state index >= 15 is 0 Å². The highest BCUT2D eigenvalue weighted by molar-refractivity contribution is 7.91. The Hall–Kier alpha value is -3.85. The van der Waals surface area contributed by atoms with Crippen LogP contribution in [-0.2, 0) is 16.4 Å². The van der Waals surface area contributed by atoms with Crippen molar-refractivity contribution in [2.24, 2.45) is 0 Å². The number of fused-ring (bicyclic) bond motifs is 1. The monoisotopic (exact) mass is 492 g/mol. The molecule has 1 fully saturated rings. The Morgan fingerprint density at radius 1 is 0.886 bits per heavy atom. The minimum Gasteiger partial charge on any atom is -0.454 e. The van der Waals surface area contributed by atoms with Crippen LogP contribution < -0.4 is 14.4 Å². The fourth-order valence-corrected chi connectivity index (χ4v) is 5.34. The molecule has 1 saturated heterocycles. The van der Waals surface area contributed by atoms with Gasteiger partial charge >= 0.3 is 6.03 Å². The topological polar surface area (TPSA) is 93.2 Å². The normalized spacial score (nSPS) is 16.1. The minimum atomic E-state index is -3.11. The van der Waals surface area contributed by atoms with Crippen LogP contribution in [0.25, 0.3) is 11.1 Å². The summed E-state index contributed by atoms with van der Waals surface area (Å²) >= 11 is 0. The quantitative estimate of drug-likeness (QED) is 0.504. The zero-order chi connectivity index (χ0) is 24.4. The number of carbonyl (C=O) groups is 2. The Morgan fingerprint density at radius 3 is 2.23 bits per heavy atom. The fraction of sp³-hybridized carbons (Fsp3) is 0.231. The number of aldehydes is 1. The van der Waals surface area contributed by atoms with Crippen LogP contribution in [0.15, 0.2) is 66.7 Å². The first-order valence-corrected chi connectivity index (χ1v) is 13.0. The van der Waals surface area contributed by atoms with Crippen molar-refractivity contribution in [1.82, 2.24) is 4.90 Å². The number of benzene rings is 3. The van der Waals surface area contributed by atoms with Gasteiger partial charge in [0.1, 0.15) is 6.29 Å². The van der Waals surface area contributed by atoms with E-state index in [2.05, 4.69) is 0 Å². The Balaban J connectivity index is 1.42. The second kappa shape index (κ2) is 9.42. The summed E-state index contributed by atoms with van der Waals surface area (Å²) in [5.41, 5.74) is 4.02. The maximum absolute atomic E-state index is 13.5. The minimum absolute atomic E-state index is 0.0380. The summed E-state index contributed by atoms with van der Waals surface area (Å²) in [5, 5.41) is 0. The second-order valence-electron chi connectivity index (χ2n) is 8.48. The molecule has 35 heavy (non-hydrogen) atoms. The summed E-state index contributed by atoms with van der Waals surface area (Å²) in [7, 11) is -3.11. The van der Waals surface area contributed by atoms with E-state index < -0.39 is 9.84 Å². The molecule has 2 aliphatic rings. The summed E-state index contributed by atoms with van der Waals surface area (Å²) < 4.78 is 34.6. The lowest BCUT2D eigenvalue weighted by Crippen LogP contribution is -2.49. The van der Waals surface area contributed by atoms with Crippen molar-refractivity contribution in [3.8, 4) is 22.6 Å². The highest BCUT2D eigenvalue weighted by Gasteiger charge is 2.29. The molecule has 0 atom stereocenters. The summed E-state index contributed by atoms with van der Waals surface area (Å²) in [6.45, 7) is 0.819. The van der Waals surface area contributed by atoms with Crippen molar-refractivity contribution < 1.29 is 27.5 Å². The van der Waals surface area contributed by atoms with Crippen molar-refractivity contribution in [3.05, 3.63) is 77.9 Å². The molecule has 0 radical (unpaired) electrons. The standard InChI is InChI=1S/C26H24N2O6S/c29-17-20-3-1-19(2-4-20)16-28(26(30)27-11-13-35(31,32)14-12-27)23-8-5-21(6-9-23)22-7-10-24-25(15-22)34-18-33-24/h1-10,15,17H,11-14,16,18H2. The molecule has 0 saturated carbocycles. The van der Waals surface area contributed by atoms with Crippen LogP contribution >= 0.6 is 0 Å². The largest absolute Gasteiger partial charge is 0.454 e. The van der Waals surface area contributed by atoms with Gasteiger partial charge in [0.05, 0.1) is 18.1 Å². The van der Waals surface area contributed by atoms with Crippen LogP contribution in [0.3, 0.4) is 0 Å². The third kappa shape index (κ3) is 5.00. The number of amides is 2. The Bertz CT molecular complexity index is 1340. The number of nitrogens with zero attached hydrogens (tertiary/aromatic N) is 2.